The number of hydrogen-bond donors (Lipinski definition) is 3. The molecule has 1 fully saturated rings. The van der Waals surface area contributed by atoms with Gasteiger partial charge in [0.2, 0.25) is 0 Å². The number of H-pyrrole nitrogens is 1. The van der Waals surface area contributed by atoms with E-state index in [1.165, 1.54) is 24.8 Å². The van der Waals surface area contributed by atoms with Gasteiger partial charge in [0.05, 0.1) is 25.0 Å². The second kappa shape index (κ2) is 8.53. The molecule has 0 spiro atoms. The standard InChI is InChI=1S/C18H25N5O2/c1-25-16-7-5-14(6-8-16)17(23-9-3-2-4-10-23)13-19-18(24)22-15-11-20-21-12-15/h5-8,11-12,17H,2-4,9-10,13H2,1H3,(H,20,21)(H2,19,22,24)/t17-/m1/s1. The quantitative estimate of drug-likeness (QED) is 0.753. The minimum absolute atomic E-state index is 0.154. The van der Waals surface area contributed by atoms with Gasteiger partial charge in [0.1, 0.15) is 5.75 Å². The zero-order valence-electron chi connectivity index (χ0n) is 14.5. The first-order chi connectivity index (χ1) is 12.3. The number of amides is 2. The zero-order valence-corrected chi connectivity index (χ0v) is 14.5. The van der Waals surface area contributed by atoms with Crippen LogP contribution in [0.2, 0.25) is 0 Å². The molecule has 1 aliphatic rings. The number of anilines is 1. The molecule has 7 heteroatoms. The van der Waals surface area contributed by atoms with Crippen molar-refractivity contribution in [3.63, 3.8) is 0 Å². The highest BCUT2D eigenvalue weighted by molar-refractivity contribution is 5.88. The number of carbonyl (C=O) groups excluding carboxylic acids is 1. The summed E-state index contributed by atoms with van der Waals surface area (Å²) in [6, 6.07) is 8.02. The van der Waals surface area contributed by atoms with E-state index in [2.05, 4.69) is 37.9 Å². The van der Waals surface area contributed by atoms with Gasteiger partial charge >= 0.3 is 6.03 Å². The van der Waals surface area contributed by atoms with Crippen LogP contribution in [0.15, 0.2) is 36.7 Å². The van der Waals surface area contributed by atoms with Crippen molar-refractivity contribution in [3.05, 3.63) is 42.2 Å². The molecule has 0 bridgehead atoms. The number of piperidine rings is 1. The number of carbonyl (C=O) groups is 1. The maximum atomic E-state index is 12.1. The highest BCUT2D eigenvalue weighted by Gasteiger charge is 2.23. The summed E-state index contributed by atoms with van der Waals surface area (Å²) in [6.07, 6.45) is 6.90. The molecule has 134 valence electrons. The fourth-order valence-corrected chi connectivity index (χ4v) is 3.20. The molecular weight excluding hydrogens is 318 g/mol. The first kappa shape index (κ1) is 17.3. The van der Waals surface area contributed by atoms with Crippen LogP contribution in [-0.2, 0) is 0 Å². The third-order valence-corrected chi connectivity index (χ3v) is 4.54. The van der Waals surface area contributed by atoms with Gasteiger partial charge in [0.25, 0.3) is 0 Å². The Hall–Kier alpha value is -2.54. The van der Waals surface area contributed by atoms with Crippen LogP contribution in [0.4, 0.5) is 10.5 Å². The lowest BCUT2D eigenvalue weighted by Crippen LogP contribution is -2.41. The summed E-state index contributed by atoms with van der Waals surface area (Å²) >= 11 is 0. The van der Waals surface area contributed by atoms with Crippen LogP contribution in [0.1, 0.15) is 30.9 Å². The molecule has 2 amide bonds. The Morgan fingerprint density at radius 2 is 2.04 bits per heavy atom. The molecule has 1 aromatic heterocycles. The van der Waals surface area contributed by atoms with E-state index in [-0.39, 0.29) is 12.1 Å². The summed E-state index contributed by atoms with van der Waals surface area (Å²) in [5.74, 6) is 0.840. The number of urea groups is 1. The molecule has 1 aromatic carbocycles. The third kappa shape index (κ3) is 4.73. The van der Waals surface area contributed by atoms with Gasteiger partial charge in [0.15, 0.2) is 0 Å². The molecule has 7 nitrogen and oxygen atoms in total. The number of nitrogens with one attached hydrogen (secondary N) is 3. The van der Waals surface area contributed by atoms with Gasteiger partial charge in [-0.05, 0) is 43.6 Å². The Morgan fingerprint density at radius 3 is 2.68 bits per heavy atom. The Bertz CT molecular complexity index is 651. The van der Waals surface area contributed by atoms with E-state index in [1.807, 2.05) is 12.1 Å². The number of rotatable bonds is 6. The maximum Gasteiger partial charge on any atom is 0.319 e. The van der Waals surface area contributed by atoms with Crippen LogP contribution < -0.4 is 15.4 Å². The van der Waals surface area contributed by atoms with Gasteiger partial charge in [-0.3, -0.25) is 10.00 Å². The average Bonchev–Trinajstić information content (AvgIpc) is 3.16. The summed E-state index contributed by atoms with van der Waals surface area (Å²) < 4.78 is 5.25. The van der Waals surface area contributed by atoms with Crippen molar-refractivity contribution >= 4 is 11.7 Å². The molecule has 1 saturated heterocycles. The second-order valence-corrected chi connectivity index (χ2v) is 6.21. The number of ether oxygens (including phenoxy) is 1. The maximum absolute atomic E-state index is 12.1. The largest absolute Gasteiger partial charge is 0.497 e. The summed E-state index contributed by atoms with van der Waals surface area (Å²) in [7, 11) is 1.67. The number of methoxy groups -OCH3 is 1. The van der Waals surface area contributed by atoms with Gasteiger partial charge in [0, 0.05) is 12.7 Å². The van der Waals surface area contributed by atoms with Crippen LogP contribution in [0, 0.1) is 0 Å². The fraction of sp³-hybridized carbons (Fsp3) is 0.444. The highest BCUT2D eigenvalue weighted by Crippen LogP contribution is 2.25. The average molecular weight is 343 g/mol. The van der Waals surface area contributed by atoms with E-state index in [1.54, 1.807) is 19.5 Å². The SMILES string of the molecule is COc1ccc([C@@H](CNC(=O)Nc2cn[nH]c2)N2CCCCC2)cc1. The predicted octanol–water partition coefficient (Wildman–Crippen LogP) is 2.77. The molecular formula is C18H25N5O2. The minimum Gasteiger partial charge on any atom is -0.497 e. The van der Waals surface area contributed by atoms with Crippen molar-refractivity contribution in [2.75, 3.05) is 32.1 Å². The third-order valence-electron chi connectivity index (χ3n) is 4.54. The van der Waals surface area contributed by atoms with Crippen molar-refractivity contribution < 1.29 is 9.53 Å². The minimum atomic E-state index is -0.225. The normalized spacial score (nSPS) is 16.2. The first-order valence-electron chi connectivity index (χ1n) is 8.68. The first-order valence-corrected chi connectivity index (χ1v) is 8.68. The van der Waals surface area contributed by atoms with Gasteiger partial charge in [-0.15, -0.1) is 0 Å². The van der Waals surface area contributed by atoms with Crippen molar-refractivity contribution in [1.82, 2.24) is 20.4 Å². The smallest absolute Gasteiger partial charge is 0.319 e. The van der Waals surface area contributed by atoms with E-state index in [0.29, 0.717) is 12.2 Å². The van der Waals surface area contributed by atoms with Crippen LogP contribution in [0.25, 0.3) is 0 Å². The summed E-state index contributed by atoms with van der Waals surface area (Å²) in [5.41, 5.74) is 1.84. The number of aromatic amines is 1. The van der Waals surface area contributed by atoms with E-state index in [0.717, 1.165) is 18.8 Å². The fourth-order valence-electron chi connectivity index (χ4n) is 3.20. The summed E-state index contributed by atoms with van der Waals surface area (Å²) in [4.78, 5) is 14.6. The Morgan fingerprint density at radius 1 is 1.28 bits per heavy atom. The molecule has 0 radical (unpaired) electrons. The molecule has 2 heterocycles. The molecule has 1 aliphatic heterocycles. The Labute approximate surface area is 147 Å². The van der Waals surface area contributed by atoms with Gasteiger partial charge in [-0.1, -0.05) is 18.6 Å². The lowest BCUT2D eigenvalue weighted by molar-refractivity contribution is 0.161. The number of aromatic nitrogens is 2. The number of hydrogen-bond acceptors (Lipinski definition) is 4. The Kier molecular flexibility index (Phi) is 5.90. The molecule has 25 heavy (non-hydrogen) atoms. The van der Waals surface area contributed by atoms with Crippen LogP contribution in [0.3, 0.4) is 0 Å². The van der Waals surface area contributed by atoms with Crippen LogP contribution >= 0.6 is 0 Å². The van der Waals surface area contributed by atoms with Gasteiger partial charge < -0.3 is 15.4 Å². The van der Waals surface area contributed by atoms with Gasteiger partial charge in [-0.2, -0.15) is 5.10 Å². The molecule has 0 saturated carbocycles. The Balaban J connectivity index is 1.65. The molecule has 1 atom stereocenters. The molecule has 3 N–H and O–H groups in total. The topological polar surface area (TPSA) is 82.3 Å². The van der Waals surface area contributed by atoms with Crippen molar-refractivity contribution in [1.29, 1.82) is 0 Å². The number of likely N-dealkylation sites (tertiary alicyclic amines) is 1. The molecule has 2 aromatic rings. The van der Waals surface area contributed by atoms with Crippen LogP contribution in [-0.4, -0.2) is 47.9 Å². The summed E-state index contributed by atoms with van der Waals surface area (Å²) in [5, 5.41) is 12.2. The lowest BCUT2D eigenvalue weighted by Gasteiger charge is -2.35. The molecule has 3 rings (SSSR count). The lowest BCUT2D eigenvalue weighted by atomic mass is 10.0. The van der Waals surface area contributed by atoms with Crippen molar-refractivity contribution in [2.45, 2.75) is 25.3 Å². The van der Waals surface area contributed by atoms with Gasteiger partial charge in [-0.25, -0.2) is 4.79 Å². The van der Waals surface area contributed by atoms with E-state index < -0.39 is 0 Å². The predicted molar refractivity (Wildman–Crippen MR) is 96.8 cm³/mol. The highest BCUT2D eigenvalue weighted by atomic mass is 16.5. The van der Waals surface area contributed by atoms with Crippen molar-refractivity contribution in [2.24, 2.45) is 0 Å². The monoisotopic (exact) mass is 343 g/mol. The van der Waals surface area contributed by atoms with Crippen LogP contribution in [0.5, 0.6) is 5.75 Å². The summed E-state index contributed by atoms with van der Waals surface area (Å²) in [6.45, 7) is 2.67. The van der Waals surface area contributed by atoms with E-state index >= 15 is 0 Å². The van der Waals surface area contributed by atoms with E-state index in [4.69, 9.17) is 4.74 Å². The molecule has 0 aliphatic carbocycles. The van der Waals surface area contributed by atoms with E-state index in [9.17, 15) is 4.79 Å². The zero-order chi connectivity index (χ0) is 17.5. The number of nitrogens with zero attached hydrogens (tertiary/aromatic N) is 2. The molecule has 0 unspecified atom stereocenters. The van der Waals surface area contributed by atoms with Crippen molar-refractivity contribution in [3.8, 4) is 5.75 Å². The number of benzene rings is 1. The second-order valence-electron chi connectivity index (χ2n) is 6.21.